The molecule has 1 atom stereocenters. The van der Waals surface area contributed by atoms with Crippen LogP contribution in [-0.2, 0) is 4.74 Å². The van der Waals surface area contributed by atoms with Gasteiger partial charge in [-0.25, -0.2) is 9.97 Å². The first-order chi connectivity index (χ1) is 9.08. The molecule has 1 saturated carbocycles. The lowest BCUT2D eigenvalue weighted by molar-refractivity contribution is 0.0231. The van der Waals surface area contributed by atoms with Crippen LogP contribution in [0.25, 0.3) is 0 Å². The summed E-state index contributed by atoms with van der Waals surface area (Å²) in [5.41, 5.74) is 1.19. The fraction of sp³-hybridized carbons (Fsp3) is 0.714. The second kappa shape index (κ2) is 6.35. The van der Waals surface area contributed by atoms with Crippen LogP contribution in [-0.4, -0.2) is 23.6 Å². The Hall–Kier alpha value is -0.430. The average Bonchev–Trinajstić information content (AvgIpc) is 3.20. The van der Waals surface area contributed by atoms with Gasteiger partial charge in [0, 0.05) is 19.6 Å². The van der Waals surface area contributed by atoms with E-state index in [1.165, 1.54) is 18.5 Å². The minimum absolute atomic E-state index is 0.0217. The molecule has 0 saturated heterocycles. The molecule has 0 amide bonds. The molecule has 0 aromatic carbocycles. The molecule has 1 heterocycles. The number of nitrogens with one attached hydrogen (secondary N) is 1. The van der Waals surface area contributed by atoms with Gasteiger partial charge in [-0.2, -0.15) is 0 Å². The van der Waals surface area contributed by atoms with E-state index in [1.54, 1.807) is 0 Å². The molecule has 0 aliphatic heterocycles. The van der Waals surface area contributed by atoms with E-state index in [4.69, 9.17) is 9.72 Å². The zero-order valence-corrected chi connectivity index (χ0v) is 14.2. The van der Waals surface area contributed by atoms with Crippen LogP contribution >= 0.6 is 22.6 Å². The largest absolute Gasteiger partial charge is 0.372 e. The van der Waals surface area contributed by atoms with Crippen LogP contribution < -0.4 is 5.32 Å². The SMILES string of the molecule is CCOC(c1nc(NC)c(I)c(C2CC2)n1)C(C)C. The highest BCUT2D eigenvalue weighted by Gasteiger charge is 2.31. The fourth-order valence-electron chi connectivity index (χ4n) is 2.15. The second-order valence-electron chi connectivity index (χ2n) is 5.27. The van der Waals surface area contributed by atoms with Crippen LogP contribution in [0.4, 0.5) is 5.82 Å². The molecule has 19 heavy (non-hydrogen) atoms. The molecule has 0 radical (unpaired) electrons. The summed E-state index contributed by atoms with van der Waals surface area (Å²) in [6, 6.07) is 0. The number of hydrogen-bond acceptors (Lipinski definition) is 4. The zero-order valence-electron chi connectivity index (χ0n) is 12.0. The van der Waals surface area contributed by atoms with Crippen molar-refractivity contribution in [2.75, 3.05) is 19.0 Å². The first-order valence-corrected chi connectivity index (χ1v) is 8.03. The predicted octanol–water partition coefficient (Wildman–Crippen LogP) is 3.73. The van der Waals surface area contributed by atoms with Crippen molar-refractivity contribution in [1.82, 2.24) is 9.97 Å². The summed E-state index contributed by atoms with van der Waals surface area (Å²) in [6.07, 6.45) is 2.47. The van der Waals surface area contributed by atoms with Gasteiger partial charge in [0.05, 0.1) is 9.26 Å². The smallest absolute Gasteiger partial charge is 0.160 e. The van der Waals surface area contributed by atoms with Crippen molar-refractivity contribution in [1.29, 1.82) is 0 Å². The number of nitrogens with zero attached hydrogens (tertiary/aromatic N) is 2. The standard InChI is InChI=1S/C14H22IN3O/c1-5-19-12(8(2)3)14-17-11(9-6-7-9)10(15)13(16-4)18-14/h8-9,12H,5-7H2,1-4H3,(H,16,17,18). The Labute approximate surface area is 128 Å². The molecule has 4 nitrogen and oxygen atoms in total. The van der Waals surface area contributed by atoms with Crippen molar-refractivity contribution >= 4 is 28.4 Å². The fourth-order valence-corrected chi connectivity index (χ4v) is 3.10. The Kier molecular flexibility index (Phi) is 5.00. The predicted molar refractivity (Wildman–Crippen MR) is 85.5 cm³/mol. The molecule has 1 N–H and O–H groups in total. The number of hydrogen-bond donors (Lipinski definition) is 1. The summed E-state index contributed by atoms with van der Waals surface area (Å²) in [5.74, 6) is 2.74. The molecule has 1 aliphatic rings. The lowest BCUT2D eigenvalue weighted by Gasteiger charge is -2.21. The van der Waals surface area contributed by atoms with Gasteiger partial charge in [0.25, 0.3) is 0 Å². The molecule has 1 fully saturated rings. The van der Waals surface area contributed by atoms with E-state index in [9.17, 15) is 0 Å². The topological polar surface area (TPSA) is 47.0 Å². The molecule has 5 heteroatoms. The van der Waals surface area contributed by atoms with Crippen molar-refractivity contribution in [3.05, 3.63) is 15.1 Å². The summed E-state index contributed by atoms with van der Waals surface area (Å²) < 4.78 is 6.99. The number of ether oxygens (including phenoxy) is 1. The highest BCUT2D eigenvalue weighted by molar-refractivity contribution is 14.1. The van der Waals surface area contributed by atoms with E-state index >= 15 is 0 Å². The van der Waals surface area contributed by atoms with Gasteiger partial charge in [0.1, 0.15) is 11.9 Å². The van der Waals surface area contributed by atoms with Gasteiger partial charge in [-0.05, 0) is 48.3 Å². The minimum Gasteiger partial charge on any atom is -0.372 e. The number of halogens is 1. The van der Waals surface area contributed by atoms with Gasteiger partial charge in [0.15, 0.2) is 5.82 Å². The average molecular weight is 375 g/mol. The zero-order chi connectivity index (χ0) is 14.0. The number of aromatic nitrogens is 2. The molecule has 0 bridgehead atoms. The Morgan fingerprint density at radius 2 is 2.05 bits per heavy atom. The monoisotopic (exact) mass is 375 g/mol. The van der Waals surface area contributed by atoms with Gasteiger partial charge in [0.2, 0.25) is 0 Å². The normalized spacial score (nSPS) is 16.7. The maximum atomic E-state index is 5.83. The molecule has 1 aliphatic carbocycles. The minimum atomic E-state index is -0.0217. The molecule has 0 spiro atoms. The van der Waals surface area contributed by atoms with Crippen LogP contribution in [0.3, 0.4) is 0 Å². The third-order valence-electron chi connectivity index (χ3n) is 3.30. The Morgan fingerprint density at radius 3 is 2.53 bits per heavy atom. The van der Waals surface area contributed by atoms with Gasteiger partial charge < -0.3 is 10.1 Å². The molecule has 1 unspecified atom stereocenters. The van der Waals surface area contributed by atoms with Crippen LogP contribution in [0.2, 0.25) is 0 Å². The van der Waals surface area contributed by atoms with Crippen molar-refractivity contribution in [2.24, 2.45) is 5.92 Å². The van der Waals surface area contributed by atoms with Crippen molar-refractivity contribution in [2.45, 2.75) is 45.6 Å². The Balaban J connectivity index is 2.41. The van der Waals surface area contributed by atoms with Crippen molar-refractivity contribution in [3.63, 3.8) is 0 Å². The molecular formula is C14H22IN3O. The number of rotatable bonds is 6. The highest BCUT2D eigenvalue weighted by atomic mass is 127. The van der Waals surface area contributed by atoms with Gasteiger partial charge in [-0.1, -0.05) is 13.8 Å². The molecule has 1 aromatic heterocycles. The van der Waals surface area contributed by atoms with E-state index in [-0.39, 0.29) is 6.10 Å². The van der Waals surface area contributed by atoms with Gasteiger partial charge in [-0.3, -0.25) is 0 Å². The first kappa shape index (κ1) is 15.0. The molecule has 106 valence electrons. The van der Waals surface area contributed by atoms with Gasteiger partial charge >= 0.3 is 0 Å². The van der Waals surface area contributed by atoms with E-state index in [0.29, 0.717) is 18.4 Å². The molecular weight excluding hydrogens is 353 g/mol. The van der Waals surface area contributed by atoms with E-state index in [1.807, 2.05) is 14.0 Å². The third-order valence-corrected chi connectivity index (χ3v) is 4.36. The summed E-state index contributed by atoms with van der Waals surface area (Å²) in [6.45, 7) is 7.00. The van der Waals surface area contributed by atoms with E-state index < -0.39 is 0 Å². The van der Waals surface area contributed by atoms with Crippen LogP contribution in [0.15, 0.2) is 0 Å². The summed E-state index contributed by atoms with van der Waals surface area (Å²) in [7, 11) is 1.91. The molecule has 1 aromatic rings. The van der Waals surface area contributed by atoms with Crippen LogP contribution in [0, 0.1) is 9.49 Å². The third kappa shape index (κ3) is 3.37. The van der Waals surface area contributed by atoms with Gasteiger partial charge in [-0.15, -0.1) is 0 Å². The van der Waals surface area contributed by atoms with Crippen molar-refractivity contribution < 1.29 is 4.74 Å². The summed E-state index contributed by atoms with van der Waals surface area (Å²) >= 11 is 2.35. The quantitative estimate of drug-likeness (QED) is 0.770. The second-order valence-corrected chi connectivity index (χ2v) is 6.35. The molecule has 2 rings (SSSR count). The Morgan fingerprint density at radius 1 is 1.37 bits per heavy atom. The summed E-state index contributed by atoms with van der Waals surface area (Å²) in [4.78, 5) is 9.45. The van der Waals surface area contributed by atoms with E-state index in [0.717, 1.165) is 15.2 Å². The van der Waals surface area contributed by atoms with Crippen molar-refractivity contribution in [3.8, 4) is 0 Å². The summed E-state index contributed by atoms with van der Waals surface area (Å²) in [5, 5.41) is 3.18. The first-order valence-electron chi connectivity index (χ1n) is 6.95. The van der Waals surface area contributed by atoms with E-state index in [2.05, 4.69) is 46.7 Å². The maximum absolute atomic E-state index is 5.83. The maximum Gasteiger partial charge on any atom is 0.160 e. The lowest BCUT2D eigenvalue weighted by atomic mass is 10.1. The number of anilines is 1. The highest BCUT2D eigenvalue weighted by Crippen LogP contribution is 2.42. The van der Waals surface area contributed by atoms with Crippen LogP contribution in [0.5, 0.6) is 0 Å². The van der Waals surface area contributed by atoms with Crippen LogP contribution in [0.1, 0.15) is 57.2 Å². The Bertz CT molecular complexity index is 447. The lowest BCUT2D eigenvalue weighted by Crippen LogP contribution is -2.17.